The first-order valence-corrected chi connectivity index (χ1v) is 6.01. The lowest BCUT2D eigenvalue weighted by Gasteiger charge is -2.30. The minimum Gasteiger partial charge on any atom is -0.384 e. The van der Waals surface area contributed by atoms with E-state index in [-0.39, 0.29) is 5.54 Å². The van der Waals surface area contributed by atoms with Crippen LogP contribution in [0, 0.1) is 5.92 Å². The average molecular weight is 214 g/mol. The summed E-state index contributed by atoms with van der Waals surface area (Å²) in [4.78, 5) is 2.50. The quantitative estimate of drug-likeness (QED) is 0.770. The van der Waals surface area contributed by atoms with Crippen molar-refractivity contribution < 1.29 is 4.74 Å². The standard InChI is InChI=1S/C12H26N2O/c1-12(2,13)10-14-7-5-4-6-11(8-14)9-15-3/h11H,4-10,13H2,1-3H3. The summed E-state index contributed by atoms with van der Waals surface area (Å²) in [5, 5.41) is 0. The van der Waals surface area contributed by atoms with Gasteiger partial charge in [0.05, 0.1) is 6.61 Å². The van der Waals surface area contributed by atoms with Gasteiger partial charge in [-0.2, -0.15) is 0 Å². The summed E-state index contributed by atoms with van der Waals surface area (Å²) in [6.07, 6.45) is 3.93. The number of likely N-dealkylation sites (tertiary alicyclic amines) is 1. The molecule has 15 heavy (non-hydrogen) atoms. The Balaban J connectivity index is 2.42. The van der Waals surface area contributed by atoms with E-state index in [2.05, 4.69) is 18.7 Å². The van der Waals surface area contributed by atoms with E-state index >= 15 is 0 Å². The van der Waals surface area contributed by atoms with Crippen molar-refractivity contribution in [2.24, 2.45) is 11.7 Å². The Kier molecular flexibility index (Phi) is 5.03. The van der Waals surface area contributed by atoms with Crippen molar-refractivity contribution >= 4 is 0 Å². The summed E-state index contributed by atoms with van der Waals surface area (Å²) in [5.74, 6) is 0.694. The first kappa shape index (κ1) is 12.9. The second-order valence-corrected chi connectivity index (χ2v) is 5.54. The molecular weight excluding hydrogens is 188 g/mol. The maximum Gasteiger partial charge on any atom is 0.0502 e. The van der Waals surface area contributed by atoms with Crippen LogP contribution in [0.1, 0.15) is 33.1 Å². The van der Waals surface area contributed by atoms with E-state index in [0.29, 0.717) is 5.92 Å². The maximum absolute atomic E-state index is 6.06. The Labute approximate surface area is 94.0 Å². The molecule has 0 aromatic heterocycles. The molecule has 1 saturated heterocycles. The van der Waals surface area contributed by atoms with Gasteiger partial charge in [-0.15, -0.1) is 0 Å². The number of hydrogen-bond acceptors (Lipinski definition) is 3. The van der Waals surface area contributed by atoms with E-state index in [1.54, 1.807) is 7.11 Å². The van der Waals surface area contributed by atoms with Gasteiger partial charge in [-0.3, -0.25) is 0 Å². The molecule has 3 nitrogen and oxygen atoms in total. The van der Waals surface area contributed by atoms with Gasteiger partial charge in [-0.1, -0.05) is 6.42 Å². The third kappa shape index (κ3) is 5.50. The third-order valence-corrected chi connectivity index (χ3v) is 2.89. The van der Waals surface area contributed by atoms with E-state index in [0.717, 1.165) is 19.7 Å². The number of methoxy groups -OCH3 is 1. The van der Waals surface area contributed by atoms with Gasteiger partial charge in [0.15, 0.2) is 0 Å². The van der Waals surface area contributed by atoms with Crippen molar-refractivity contribution in [2.45, 2.75) is 38.6 Å². The molecule has 3 heteroatoms. The number of nitrogens with two attached hydrogens (primary N) is 1. The summed E-state index contributed by atoms with van der Waals surface area (Å²) in [5.41, 5.74) is 5.98. The van der Waals surface area contributed by atoms with E-state index in [1.165, 1.54) is 25.8 Å². The topological polar surface area (TPSA) is 38.5 Å². The first-order chi connectivity index (χ1) is 7.01. The lowest BCUT2D eigenvalue weighted by atomic mass is 10.0. The van der Waals surface area contributed by atoms with Crippen LogP contribution in [0.4, 0.5) is 0 Å². The molecule has 1 aliphatic rings. The first-order valence-electron chi connectivity index (χ1n) is 6.01. The maximum atomic E-state index is 6.06. The van der Waals surface area contributed by atoms with Crippen LogP contribution in [-0.4, -0.2) is 43.8 Å². The van der Waals surface area contributed by atoms with Gasteiger partial charge in [-0.05, 0) is 39.2 Å². The molecule has 0 aliphatic carbocycles. The number of ether oxygens (including phenoxy) is 1. The van der Waals surface area contributed by atoms with Crippen LogP contribution in [0.15, 0.2) is 0 Å². The molecule has 0 aromatic rings. The molecule has 1 fully saturated rings. The van der Waals surface area contributed by atoms with Crippen LogP contribution >= 0.6 is 0 Å². The molecule has 0 radical (unpaired) electrons. The molecule has 0 amide bonds. The highest BCUT2D eigenvalue weighted by Crippen LogP contribution is 2.17. The van der Waals surface area contributed by atoms with Crippen LogP contribution in [0.25, 0.3) is 0 Å². The van der Waals surface area contributed by atoms with Gasteiger partial charge >= 0.3 is 0 Å². The molecule has 1 atom stereocenters. The molecule has 1 rings (SSSR count). The lowest BCUT2D eigenvalue weighted by Crippen LogP contribution is -2.46. The largest absolute Gasteiger partial charge is 0.384 e. The van der Waals surface area contributed by atoms with Crippen LogP contribution < -0.4 is 5.73 Å². The highest BCUT2D eigenvalue weighted by Gasteiger charge is 2.22. The molecule has 90 valence electrons. The summed E-state index contributed by atoms with van der Waals surface area (Å²) in [6, 6.07) is 0. The van der Waals surface area contributed by atoms with E-state index in [1.807, 2.05) is 0 Å². The highest BCUT2D eigenvalue weighted by molar-refractivity contribution is 4.80. The zero-order valence-electron chi connectivity index (χ0n) is 10.5. The van der Waals surface area contributed by atoms with E-state index < -0.39 is 0 Å². The zero-order chi connectivity index (χ0) is 11.3. The van der Waals surface area contributed by atoms with Crippen molar-refractivity contribution in [1.29, 1.82) is 0 Å². The predicted octanol–water partition coefficient (Wildman–Crippen LogP) is 1.47. The van der Waals surface area contributed by atoms with Crippen molar-refractivity contribution in [3.63, 3.8) is 0 Å². The number of hydrogen-bond donors (Lipinski definition) is 1. The fourth-order valence-electron chi connectivity index (χ4n) is 2.41. The van der Waals surface area contributed by atoms with Gasteiger partial charge in [0.2, 0.25) is 0 Å². The summed E-state index contributed by atoms with van der Waals surface area (Å²) in [6.45, 7) is 8.43. The molecule has 0 spiro atoms. The Morgan fingerprint density at radius 2 is 2.13 bits per heavy atom. The molecule has 1 aliphatic heterocycles. The summed E-state index contributed by atoms with van der Waals surface area (Å²) in [7, 11) is 1.79. The molecule has 1 unspecified atom stereocenters. The lowest BCUT2D eigenvalue weighted by molar-refractivity contribution is 0.119. The van der Waals surface area contributed by atoms with Crippen molar-refractivity contribution in [3.05, 3.63) is 0 Å². The Hall–Kier alpha value is -0.120. The number of nitrogens with zero attached hydrogens (tertiary/aromatic N) is 1. The van der Waals surface area contributed by atoms with E-state index in [9.17, 15) is 0 Å². The molecule has 0 bridgehead atoms. The van der Waals surface area contributed by atoms with Crippen LogP contribution in [0.2, 0.25) is 0 Å². The Morgan fingerprint density at radius 3 is 2.73 bits per heavy atom. The van der Waals surface area contributed by atoms with Gasteiger partial charge in [0.25, 0.3) is 0 Å². The smallest absolute Gasteiger partial charge is 0.0502 e. The van der Waals surface area contributed by atoms with Crippen molar-refractivity contribution in [1.82, 2.24) is 4.90 Å². The van der Waals surface area contributed by atoms with Crippen LogP contribution in [0.3, 0.4) is 0 Å². The average Bonchev–Trinajstić information content (AvgIpc) is 2.28. The van der Waals surface area contributed by atoms with Crippen molar-refractivity contribution in [3.8, 4) is 0 Å². The van der Waals surface area contributed by atoms with Crippen LogP contribution in [-0.2, 0) is 4.74 Å². The van der Waals surface area contributed by atoms with Gasteiger partial charge < -0.3 is 15.4 Å². The second kappa shape index (κ2) is 5.83. The third-order valence-electron chi connectivity index (χ3n) is 2.89. The fourth-order valence-corrected chi connectivity index (χ4v) is 2.41. The monoisotopic (exact) mass is 214 g/mol. The fraction of sp³-hybridized carbons (Fsp3) is 1.00. The second-order valence-electron chi connectivity index (χ2n) is 5.54. The molecule has 1 heterocycles. The molecule has 2 N–H and O–H groups in total. The SMILES string of the molecule is COCC1CCCCN(CC(C)(C)N)C1. The van der Waals surface area contributed by atoms with Crippen LogP contribution in [0.5, 0.6) is 0 Å². The normalized spacial score (nSPS) is 25.2. The molecule has 0 saturated carbocycles. The Bertz CT molecular complexity index is 177. The zero-order valence-corrected chi connectivity index (χ0v) is 10.5. The number of rotatable bonds is 4. The minimum atomic E-state index is -0.0814. The van der Waals surface area contributed by atoms with Crippen molar-refractivity contribution in [2.75, 3.05) is 33.4 Å². The van der Waals surface area contributed by atoms with Gasteiger partial charge in [-0.25, -0.2) is 0 Å². The van der Waals surface area contributed by atoms with Gasteiger partial charge in [0, 0.05) is 25.7 Å². The highest BCUT2D eigenvalue weighted by atomic mass is 16.5. The van der Waals surface area contributed by atoms with E-state index in [4.69, 9.17) is 10.5 Å². The molecular formula is C12H26N2O. The molecule has 0 aromatic carbocycles. The minimum absolute atomic E-state index is 0.0814. The van der Waals surface area contributed by atoms with Gasteiger partial charge in [0.1, 0.15) is 0 Å². The summed E-state index contributed by atoms with van der Waals surface area (Å²) < 4.78 is 5.26. The summed E-state index contributed by atoms with van der Waals surface area (Å²) >= 11 is 0. The Morgan fingerprint density at radius 1 is 1.40 bits per heavy atom. The predicted molar refractivity (Wildman–Crippen MR) is 63.9 cm³/mol.